The molecule has 6 rings (SSSR count). The van der Waals surface area contributed by atoms with Gasteiger partial charge in [0.2, 0.25) is 5.70 Å². The van der Waals surface area contributed by atoms with Crippen molar-refractivity contribution < 1.29 is 9.33 Å². The number of aliphatic imine (C=N–C) groups is 2. The number of amidine groups is 1. The summed E-state index contributed by atoms with van der Waals surface area (Å²) in [4.78, 5) is 14.5. The molecule has 0 spiro atoms. The molecule has 6 heteroatoms. The van der Waals surface area contributed by atoms with E-state index in [9.17, 15) is 0 Å². The first-order valence-corrected chi connectivity index (χ1v) is 11.9. The third kappa shape index (κ3) is 3.51. The van der Waals surface area contributed by atoms with Crippen LogP contribution in [0, 0.1) is 5.92 Å². The van der Waals surface area contributed by atoms with E-state index in [-0.39, 0.29) is 4.59 Å². The Balaban J connectivity index is 1.40. The van der Waals surface area contributed by atoms with Crippen LogP contribution < -0.4 is 5.84 Å². The fourth-order valence-electron chi connectivity index (χ4n) is 5.30. The third-order valence-corrected chi connectivity index (χ3v) is 7.24. The molecule has 3 aliphatic rings. The van der Waals surface area contributed by atoms with Crippen molar-refractivity contribution in [1.29, 1.82) is 0 Å². The van der Waals surface area contributed by atoms with E-state index >= 15 is 0 Å². The highest BCUT2D eigenvalue weighted by Gasteiger charge is 2.46. The summed E-state index contributed by atoms with van der Waals surface area (Å²) in [5.41, 5.74) is 5.98. The average molecular weight is 451 g/mol. The second-order valence-corrected chi connectivity index (χ2v) is 9.24. The monoisotopic (exact) mass is 450 g/mol. The maximum atomic E-state index is 6.98. The lowest BCUT2D eigenvalue weighted by Crippen LogP contribution is -2.53. The second kappa shape index (κ2) is 8.40. The summed E-state index contributed by atoms with van der Waals surface area (Å²) in [6, 6.07) is 20.7. The normalized spacial score (nSPS) is 26.1. The topological polar surface area (TPSA) is 72.9 Å². The van der Waals surface area contributed by atoms with Gasteiger partial charge in [-0.3, -0.25) is 4.99 Å². The van der Waals surface area contributed by atoms with Crippen molar-refractivity contribution in [2.45, 2.75) is 31.8 Å². The van der Waals surface area contributed by atoms with Gasteiger partial charge in [0.25, 0.3) is 5.84 Å². The molecule has 0 amide bonds. The van der Waals surface area contributed by atoms with Crippen LogP contribution in [0.4, 0.5) is 0 Å². The molecule has 1 aromatic heterocycles. The molecule has 2 aliphatic heterocycles. The van der Waals surface area contributed by atoms with Crippen molar-refractivity contribution in [3.8, 4) is 11.3 Å². The van der Waals surface area contributed by atoms with Crippen LogP contribution >= 0.6 is 0 Å². The van der Waals surface area contributed by atoms with Crippen LogP contribution in [-0.4, -0.2) is 34.8 Å². The van der Waals surface area contributed by atoms with E-state index in [1.807, 2.05) is 30.6 Å². The van der Waals surface area contributed by atoms with Crippen LogP contribution in [0.1, 0.15) is 31.2 Å². The molecule has 1 aliphatic carbocycles. The molecule has 0 bridgehead atoms. The van der Waals surface area contributed by atoms with Crippen molar-refractivity contribution >= 4 is 23.0 Å². The number of methoxy groups -OCH3 is 1. The quantitative estimate of drug-likeness (QED) is 0.432. The number of rotatable bonds is 4. The van der Waals surface area contributed by atoms with Crippen LogP contribution in [0.25, 0.3) is 22.2 Å². The maximum Gasteiger partial charge on any atom is 0.264 e. The van der Waals surface area contributed by atoms with Gasteiger partial charge in [-0.15, -0.1) is 4.59 Å². The molecule has 0 saturated heterocycles. The molecule has 1 atom stereocenters. The highest BCUT2D eigenvalue weighted by molar-refractivity contribution is 6.02. The van der Waals surface area contributed by atoms with Gasteiger partial charge in [-0.05, 0) is 43.9 Å². The molecule has 1 fully saturated rings. The fourth-order valence-corrected chi connectivity index (χ4v) is 5.30. The lowest BCUT2D eigenvalue weighted by molar-refractivity contribution is -0.750. The minimum atomic E-state index is 0.0485. The Morgan fingerprint density at radius 3 is 2.53 bits per heavy atom. The van der Waals surface area contributed by atoms with Crippen LogP contribution in [0.15, 0.2) is 94.4 Å². The average Bonchev–Trinajstić information content (AvgIpc) is 3.21. The number of hydrogen-bond donors (Lipinski definition) is 1. The van der Waals surface area contributed by atoms with Gasteiger partial charge in [0.1, 0.15) is 11.9 Å². The van der Waals surface area contributed by atoms with Gasteiger partial charge in [-0.1, -0.05) is 42.5 Å². The standard InChI is InChI=1S/C28H28N5O/c1-34-23-12-9-21(10-13-23)27-26-18-30-15-16-33(26,29)28(32-27)22-8-7-20-11-14-24(31-25(20)17-22)19-5-3-2-4-6-19/h2-8,11,14-18,21,23H,9-10,12-13,29H2,1H3/q+1. The number of pyridine rings is 1. The molecule has 0 radical (unpaired) electrons. The minimum Gasteiger partial charge on any atom is -0.381 e. The smallest absolute Gasteiger partial charge is 0.264 e. The van der Waals surface area contributed by atoms with Crippen molar-refractivity contribution in [2.24, 2.45) is 21.7 Å². The molecule has 3 aromatic rings. The second-order valence-electron chi connectivity index (χ2n) is 9.24. The van der Waals surface area contributed by atoms with E-state index in [0.717, 1.165) is 70.6 Å². The number of ether oxygens (including phenoxy) is 1. The molecule has 1 saturated carbocycles. The molecule has 170 valence electrons. The van der Waals surface area contributed by atoms with Gasteiger partial charge < -0.3 is 4.74 Å². The molecule has 3 heterocycles. The zero-order valence-corrected chi connectivity index (χ0v) is 19.3. The van der Waals surface area contributed by atoms with Crippen molar-refractivity contribution in [3.63, 3.8) is 0 Å². The number of aromatic nitrogens is 1. The number of allylic oxidation sites excluding steroid dienone is 2. The van der Waals surface area contributed by atoms with Gasteiger partial charge in [0.05, 0.1) is 35.3 Å². The summed E-state index contributed by atoms with van der Waals surface area (Å²) in [5.74, 6) is 8.16. The lowest BCUT2D eigenvalue weighted by Gasteiger charge is -2.29. The number of hydrogen-bond acceptors (Lipinski definition) is 5. The Bertz CT molecular complexity index is 1370. The van der Waals surface area contributed by atoms with Crippen LogP contribution in [-0.2, 0) is 4.74 Å². The molecule has 1 unspecified atom stereocenters. The summed E-state index contributed by atoms with van der Waals surface area (Å²) < 4.78 is 5.63. The van der Waals surface area contributed by atoms with Crippen LogP contribution in [0.5, 0.6) is 0 Å². The first-order valence-electron chi connectivity index (χ1n) is 11.9. The Morgan fingerprint density at radius 1 is 0.941 bits per heavy atom. The van der Waals surface area contributed by atoms with Gasteiger partial charge in [-0.2, -0.15) is 10.8 Å². The molecular formula is C28H28N5O+. The summed E-state index contributed by atoms with van der Waals surface area (Å²) in [5, 5.41) is 1.09. The Labute approximate surface area is 199 Å². The van der Waals surface area contributed by atoms with E-state index in [1.54, 1.807) is 13.3 Å². The zero-order valence-electron chi connectivity index (χ0n) is 19.3. The van der Waals surface area contributed by atoms with Crippen molar-refractivity contribution in [1.82, 2.24) is 4.98 Å². The number of nitrogens with two attached hydrogens (primary N) is 1. The van der Waals surface area contributed by atoms with Gasteiger partial charge in [0, 0.05) is 24.0 Å². The maximum absolute atomic E-state index is 6.98. The van der Waals surface area contributed by atoms with Gasteiger partial charge >= 0.3 is 0 Å². The zero-order chi connectivity index (χ0) is 23.1. The highest BCUT2D eigenvalue weighted by Crippen LogP contribution is 2.40. The summed E-state index contributed by atoms with van der Waals surface area (Å²) in [6.45, 7) is 0. The Morgan fingerprint density at radius 2 is 1.74 bits per heavy atom. The summed E-state index contributed by atoms with van der Waals surface area (Å²) >= 11 is 0. The summed E-state index contributed by atoms with van der Waals surface area (Å²) in [6.07, 6.45) is 10.1. The van der Waals surface area contributed by atoms with Crippen molar-refractivity contribution in [2.75, 3.05) is 7.11 Å². The third-order valence-electron chi connectivity index (χ3n) is 7.24. The Hall–Kier alpha value is -3.45. The first kappa shape index (κ1) is 21.1. The first-order chi connectivity index (χ1) is 16.7. The van der Waals surface area contributed by atoms with Gasteiger partial charge in [0.15, 0.2) is 0 Å². The van der Waals surface area contributed by atoms with E-state index in [0.29, 0.717) is 12.0 Å². The fraction of sp³-hybridized carbons (Fsp3) is 0.250. The molecule has 2 N–H and O–H groups in total. The van der Waals surface area contributed by atoms with E-state index in [4.69, 9.17) is 20.6 Å². The minimum absolute atomic E-state index is 0.0485. The molecular weight excluding hydrogens is 422 g/mol. The van der Waals surface area contributed by atoms with Crippen molar-refractivity contribution in [3.05, 3.63) is 90.0 Å². The largest absolute Gasteiger partial charge is 0.381 e. The Kier molecular flexibility index (Phi) is 5.21. The van der Waals surface area contributed by atoms with Gasteiger partial charge in [-0.25, -0.2) is 4.98 Å². The number of nitrogens with zero attached hydrogens (tertiary/aromatic N) is 4. The van der Waals surface area contributed by atoms with E-state index in [2.05, 4.69) is 47.5 Å². The molecule has 2 aromatic carbocycles. The van der Waals surface area contributed by atoms with E-state index < -0.39 is 0 Å². The number of benzene rings is 2. The van der Waals surface area contributed by atoms with E-state index in [1.165, 1.54) is 0 Å². The predicted molar refractivity (Wildman–Crippen MR) is 136 cm³/mol. The molecule has 6 nitrogen and oxygen atoms in total. The summed E-state index contributed by atoms with van der Waals surface area (Å²) in [7, 11) is 1.80. The lowest BCUT2D eigenvalue weighted by atomic mass is 9.84. The SMILES string of the molecule is COC1CCC(C2=C3C=NC=C[N+]3(N)C(c3ccc4ccc(-c5ccccc5)nc4c3)=N2)CC1. The van der Waals surface area contributed by atoms with Crippen LogP contribution in [0.2, 0.25) is 0 Å². The highest BCUT2D eigenvalue weighted by atomic mass is 16.5. The predicted octanol–water partition coefficient (Wildman–Crippen LogP) is 5.32. The van der Waals surface area contributed by atoms with Crippen LogP contribution in [0.3, 0.4) is 0 Å². The molecule has 34 heavy (non-hydrogen) atoms. The number of fused-ring (bicyclic) bond motifs is 2. The number of quaternary nitrogens is 1.